The van der Waals surface area contributed by atoms with Crippen molar-refractivity contribution in [3.63, 3.8) is 0 Å². The molecule has 1 aliphatic carbocycles. The molecule has 0 amide bonds. The van der Waals surface area contributed by atoms with Crippen LogP contribution in [0.5, 0.6) is 0 Å². The minimum atomic E-state index is -0.0592. The Bertz CT molecular complexity index is 347. The maximum absolute atomic E-state index is 5.72. The van der Waals surface area contributed by atoms with Crippen molar-refractivity contribution >= 4 is 0 Å². The highest BCUT2D eigenvalue weighted by molar-refractivity contribution is 5.16. The second-order valence-corrected chi connectivity index (χ2v) is 4.29. The number of nitrogens with two attached hydrogens (primary N) is 1. The Labute approximate surface area is 95.3 Å². The number of hydrogen-bond acceptors (Lipinski definition) is 5. The Morgan fingerprint density at radius 1 is 1.50 bits per heavy atom. The fourth-order valence-electron chi connectivity index (χ4n) is 1.81. The highest BCUT2D eigenvalue weighted by Crippen LogP contribution is 2.46. The molecule has 1 fully saturated rings. The highest BCUT2D eigenvalue weighted by Gasteiger charge is 2.48. The lowest BCUT2D eigenvalue weighted by Gasteiger charge is -2.09. The first kappa shape index (κ1) is 11.5. The fraction of sp³-hybridized carbons (Fsp3) is 0.818. The van der Waals surface area contributed by atoms with E-state index in [0.717, 1.165) is 19.3 Å². The average molecular weight is 225 g/mol. The monoisotopic (exact) mass is 225 g/mol. The summed E-state index contributed by atoms with van der Waals surface area (Å²) in [6.07, 6.45) is 2.89. The Morgan fingerprint density at radius 2 is 2.25 bits per heavy atom. The molecule has 2 rings (SSSR count). The molecule has 1 aromatic rings. The van der Waals surface area contributed by atoms with Gasteiger partial charge in [0.1, 0.15) is 6.10 Å². The topological polar surface area (TPSA) is 74.2 Å². The van der Waals surface area contributed by atoms with Crippen LogP contribution in [0.25, 0.3) is 0 Å². The predicted octanol–water partition coefficient (Wildman–Crippen LogP) is 1.55. The summed E-state index contributed by atoms with van der Waals surface area (Å²) in [4.78, 5) is 4.42. The molecular formula is C11H19N3O2. The molecule has 1 unspecified atom stereocenters. The van der Waals surface area contributed by atoms with Crippen molar-refractivity contribution in [3.8, 4) is 0 Å². The molecule has 0 bridgehead atoms. The maximum atomic E-state index is 5.72. The van der Waals surface area contributed by atoms with E-state index >= 15 is 0 Å². The zero-order valence-corrected chi connectivity index (χ0v) is 9.90. The summed E-state index contributed by atoms with van der Waals surface area (Å²) < 4.78 is 10.8. The van der Waals surface area contributed by atoms with Crippen molar-refractivity contribution in [2.45, 2.75) is 44.6 Å². The molecule has 1 aliphatic rings. The molecule has 1 saturated carbocycles. The number of ether oxygens (including phenoxy) is 1. The van der Waals surface area contributed by atoms with Gasteiger partial charge in [-0.25, -0.2) is 0 Å². The van der Waals surface area contributed by atoms with E-state index in [0.29, 0.717) is 24.9 Å². The van der Waals surface area contributed by atoms with Crippen LogP contribution < -0.4 is 5.73 Å². The maximum Gasteiger partial charge on any atom is 0.234 e. The first-order valence-corrected chi connectivity index (χ1v) is 5.91. The third kappa shape index (κ3) is 1.97. The number of rotatable bonds is 6. The normalized spacial score (nSPS) is 19.7. The van der Waals surface area contributed by atoms with Gasteiger partial charge in [-0.05, 0) is 26.2 Å². The summed E-state index contributed by atoms with van der Waals surface area (Å²) in [5.41, 5.74) is 5.69. The minimum absolute atomic E-state index is 0.0320. The molecule has 1 atom stereocenters. The van der Waals surface area contributed by atoms with Crippen LogP contribution in [0.1, 0.15) is 50.9 Å². The minimum Gasteiger partial charge on any atom is -0.370 e. The molecule has 1 heterocycles. The Kier molecular flexibility index (Phi) is 3.25. The third-order valence-corrected chi connectivity index (χ3v) is 3.17. The largest absolute Gasteiger partial charge is 0.370 e. The quantitative estimate of drug-likeness (QED) is 0.795. The molecule has 5 heteroatoms. The average Bonchev–Trinajstić information content (AvgIpc) is 2.97. The van der Waals surface area contributed by atoms with Crippen molar-refractivity contribution in [1.29, 1.82) is 0 Å². The molecular weight excluding hydrogens is 206 g/mol. The van der Waals surface area contributed by atoms with Gasteiger partial charge in [0.05, 0.1) is 5.41 Å². The predicted molar refractivity (Wildman–Crippen MR) is 58.9 cm³/mol. The van der Waals surface area contributed by atoms with Crippen LogP contribution in [-0.2, 0) is 10.2 Å². The van der Waals surface area contributed by atoms with Gasteiger partial charge in [-0.2, -0.15) is 4.98 Å². The van der Waals surface area contributed by atoms with Crippen molar-refractivity contribution in [2.24, 2.45) is 5.73 Å². The van der Waals surface area contributed by atoms with Crippen LogP contribution in [0.15, 0.2) is 4.52 Å². The molecule has 0 saturated heterocycles. The van der Waals surface area contributed by atoms with Crippen molar-refractivity contribution < 1.29 is 9.26 Å². The van der Waals surface area contributed by atoms with E-state index in [1.165, 1.54) is 0 Å². The van der Waals surface area contributed by atoms with E-state index in [2.05, 4.69) is 10.1 Å². The molecule has 2 N–H and O–H groups in total. The standard InChI is InChI=1S/C11H19N3O2/c1-3-8(15-4-2)9-13-10(16-14-9)11(7-12)5-6-11/h8H,3-7,12H2,1-2H3. The van der Waals surface area contributed by atoms with Gasteiger partial charge in [0.25, 0.3) is 0 Å². The summed E-state index contributed by atoms with van der Waals surface area (Å²) >= 11 is 0. The smallest absolute Gasteiger partial charge is 0.234 e. The summed E-state index contributed by atoms with van der Waals surface area (Å²) in [5.74, 6) is 1.34. The van der Waals surface area contributed by atoms with E-state index in [1.54, 1.807) is 0 Å². The second-order valence-electron chi connectivity index (χ2n) is 4.29. The lowest BCUT2D eigenvalue weighted by atomic mass is 10.1. The Morgan fingerprint density at radius 3 is 2.75 bits per heavy atom. The van der Waals surface area contributed by atoms with Gasteiger partial charge < -0.3 is 15.0 Å². The fourth-order valence-corrected chi connectivity index (χ4v) is 1.81. The first-order chi connectivity index (χ1) is 7.75. The summed E-state index contributed by atoms with van der Waals surface area (Å²) in [6, 6.07) is 0. The van der Waals surface area contributed by atoms with E-state index in [1.807, 2.05) is 13.8 Å². The summed E-state index contributed by atoms with van der Waals surface area (Å²) in [5, 5.41) is 3.99. The lowest BCUT2D eigenvalue weighted by molar-refractivity contribution is 0.0518. The van der Waals surface area contributed by atoms with Gasteiger partial charge in [-0.1, -0.05) is 12.1 Å². The van der Waals surface area contributed by atoms with Gasteiger partial charge in [0, 0.05) is 13.2 Å². The second kappa shape index (κ2) is 4.51. The summed E-state index contributed by atoms with van der Waals surface area (Å²) in [7, 11) is 0. The molecule has 0 aromatic carbocycles. The molecule has 1 aromatic heterocycles. The zero-order chi connectivity index (χ0) is 11.6. The Hall–Kier alpha value is -0.940. The van der Waals surface area contributed by atoms with Gasteiger partial charge in [-0.15, -0.1) is 0 Å². The van der Waals surface area contributed by atoms with Crippen LogP contribution in [-0.4, -0.2) is 23.3 Å². The van der Waals surface area contributed by atoms with Crippen LogP contribution in [0.3, 0.4) is 0 Å². The van der Waals surface area contributed by atoms with Crippen molar-refractivity contribution in [2.75, 3.05) is 13.2 Å². The number of aromatic nitrogens is 2. The van der Waals surface area contributed by atoms with E-state index in [4.69, 9.17) is 15.0 Å². The lowest BCUT2D eigenvalue weighted by Crippen LogP contribution is -2.20. The molecule has 5 nitrogen and oxygen atoms in total. The number of nitrogens with zero attached hydrogens (tertiary/aromatic N) is 2. The third-order valence-electron chi connectivity index (χ3n) is 3.17. The van der Waals surface area contributed by atoms with Crippen LogP contribution in [0.2, 0.25) is 0 Å². The van der Waals surface area contributed by atoms with Gasteiger partial charge >= 0.3 is 0 Å². The molecule has 0 radical (unpaired) electrons. The van der Waals surface area contributed by atoms with Crippen molar-refractivity contribution in [1.82, 2.24) is 10.1 Å². The van der Waals surface area contributed by atoms with Gasteiger partial charge in [0.15, 0.2) is 0 Å². The van der Waals surface area contributed by atoms with Gasteiger partial charge in [0.2, 0.25) is 11.7 Å². The van der Waals surface area contributed by atoms with E-state index in [9.17, 15) is 0 Å². The molecule has 16 heavy (non-hydrogen) atoms. The molecule has 0 aliphatic heterocycles. The summed E-state index contributed by atoms with van der Waals surface area (Å²) in [6.45, 7) is 5.25. The van der Waals surface area contributed by atoms with Crippen LogP contribution in [0, 0.1) is 0 Å². The molecule has 0 spiro atoms. The molecule has 90 valence electrons. The number of hydrogen-bond donors (Lipinski definition) is 1. The SMILES string of the molecule is CCOC(CC)c1noc(C2(CN)CC2)n1. The van der Waals surface area contributed by atoms with Crippen LogP contribution in [0.4, 0.5) is 0 Å². The first-order valence-electron chi connectivity index (χ1n) is 5.91. The van der Waals surface area contributed by atoms with Crippen molar-refractivity contribution in [3.05, 3.63) is 11.7 Å². The van der Waals surface area contributed by atoms with E-state index in [-0.39, 0.29) is 11.5 Å². The van der Waals surface area contributed by atoms with Gasteiger partial charge in [-0.3, -0.25) is 0 Å². The zero-order valence-electron chi connectivity index (χ0n) is 9.90. The van der Waals surface area contributed by atoms with Crippen LogP contribution >= 0.6 is 0 Å². The highest BCUT2D eigenvalue weighted by atomic mass is 16.5. The van der Waals surface area contributed by atoms with E-state index < -0.39 is 0 Å². The Balaban J connectivity index is 2.12.